The van der Waals surface area contributed by atoms with Gasteiger partial charge in [-0.05, 0) is 25.2 Å². The molecule has 7 nitrogen and oxygen atoms in total. The summed E-state index contributed by atoms with van der Waals surface area (Å²) < 4.78 is 11.0. The van der Waals surface area contributed by atoms with E-state index in [1.54, 1.807) is 19.2 Å². The Labute approximate surface area is 194 Å². The third-order valence-corrected chi connectivity index (χ3v) is 6.43. The lowest BCUT2D eigenvalue weighted by Crippen LogP contribution is -2.48. The molecular formula is C24H29ClN4O3. The van der Waals surface area contributed by atoms with Crippen molar-refractivity contribution >= 4 is 23.2 Å². The number of hydrogen-bond acceptors (Lipinski definition) is 6. The minimum absolute atomic E-state index is 0.0283. The van der Waals surface area contributed by atoms with E-state index in [1.807, 2.05) is 42.5 Å². The number of ether oxygens (including phenoxy) is 2. The van der Waals surface area contributed by atoms with Crippen LogP contribution in [0.5, 0.6) is 11.5 Å². The van der Waals surface area contributed by atoms with Crippen molar-refractivity contribution in [2.45, 2.75) is 12.5 Å². The number of rotatable bonds is 6. The second-order valence-corrected chi connectivity index (χ2v) is 8.58. The lowest BCUT2D eigenvalue weighted by molar-refractivity contribution is -0.134. The highest BCUT2D eigenvalue weighted by molar-refractivity contribution is 6.34. The number of nitrogens with zero attached hydrogens (tertiary/aromatic N) is 4. The summed E-state index contributed by atoms with van der Waals surface area (Å²) in [6, 6.07) is 13.0. The first-order valence-electron chi connectivity index (χ1n) is 10.8. The number of likely N-dealkylation sites (N-methyl/N-ethyl adjacent to an activating group) is 1. The molecule has 2 aliphatic heterocycles. The molecule has 0 radical (unpaired) electrons. The third kappa shape index (κ3) is 4.75. The Kier molecular flexibility index (Phi) is 6.98. The standard InChI is InChI=1S/C24H29ClN4O3/c1-27-10-12-28(13-11-27)16-24(30)29-22(19-9-8-17(31-2)14-23(19)32-3)15-21(26-29)18-6-4-5-7-20(18)25/h4-9,14,22H,10-13,15-16H2,1-3H3. The summed E-state index contributed by atoms with van der Waals surface area (Å²) in [4.78, 5) is 17.9. The van der Waals surface area contributed by atoms with Gasteiger partial charge in [-0.3, -0.25) is 9.69 Å². The number of hydrogen-bond donors (Lipinski definition) is 0. The summed E-state index contributed by atoms with van der Waals surface area (Å²) in [5.41, 5.74) is 2.54. The quantitative estimate of drug-likeness (QED) is 0.667. The third-order valence-electron chi connectivity index (χ3n) is 6.11. The SMILES string of the molecule is COc1ccc(C2CC(c3ccccc3Cl)=NN2C(=O)CN2CCN(C)CC2)c(OC)c1. The topological polar surface area (TPSA) is 57.6 Å². The minimum atomic E-state index is -0.276. The normalized spacial score (nSPS) is 19.7. The second kappa shape index (κ2) is 9.90. The van der Waals surface area contributed by atoms with Crippen molar-refractivity contribution in [1.29, 1.82) is 0 Å². The molecule has 1 unspecified atom stereocenters. The molecule has 1 atom stereocenters. The number of methoxy groups -OCH3 is 2. The molecule has 2 aromatic carbocycles. The van der Waals surface area contributed by atoms with Gasteiger partial charge in [-0.25, -0.2) is 5.01 Å². The summed E-state index contributed by atoms with van der Waals surface area (Å²) in [7, 11) is 5.35. The molecule has 170 valence electrons. The van der Waals surface area contributed by atoms with Crippen molar-refractivity contribution in [3.63, 3.8) is 0 Å². The van der Waals surface area contributed by atoms with E-state index < -0.39 is 0 Å². The number of piperazine rings is 1. The predicted octanol–water partition coefficient (Wildman–Crippen LogP) is 3.28. The average molecular weight is 457 g/mol. The first-order valence-corrected chi connectivity index (χ1v) is 11.1. The Morgan fingerprint density at radius 3 is 2.53 bits per heavy atom. The van der Waals surface area contributed by atoms with Crippen LogP contribution in [0.25, 0.3) is 0 Å². The van der Waals surface area contributed by atoms with Crippen LogP contribution in [0.4, 0.5) is 0 Å². The van der Waals surface area contributed by atoms with E-state index in [1.165, 1.54) is 0 Å². The molecule has 0 saturated carbocycles. The molecule has 0 aliphatic carbocycles. The molecular weight excluding hydrogens is 428 g/mol. The molecule has 2 aliphatic rings. The van der Waals surface area contributed by atoms with Crippen molar-refractivity contribution in [2.75, 3.05) is 54.0 Å². The van der Waals surface area contributed by atoms with Gasteiger partial charge in [0.05, 0.1) is 32.5 Å². The second-order valence-electron chi connectivity index (χ2n) is 8.17. The molecule has 2 aromatic rings. The number of benzene rings is 2. The van der Waals surface area contributed by atoms with Crippen molar-refractivity contribution in [3.05, 3.63) is 58.6 Å². The van der Waals surface area contributed by atoms with Crippen LogP contribution in [0.15, 0.2) is 47.6 Å². The Bertz CT molecular complexity index is 1000. The van der Waals surface area contributed by atoms with Crippen LogP contribution in [0.3, 0.4) is 0 Å². The Morgan fingerprint density at radius 2 is 1.84 bits per heavy atom. The van der Waals surface area contributed by atoms with Gasteiger partial charge in [0.25, 0.3) is 5.91 Å². The molecule has 0 spiro atoms. The molecule has 0 aromatic heterocycles. The van der Waals surface area contributed by atoms with Gasteiger partial charge < -0.3 is 14.4 Å². The number of carbonyl (C=O) groups excluding carboxylic acids is 1. The minimum Gasteiger partial charge on any atom is -0.497 e. The molecule has 1 fully saturated rings. The van der Waals surface area contributed by atoms with E-state index in [4.69, 9.17) is 26.2 Å². The van der Waals surface area contributed by atoms with Crippen molar-refractivity contribution < 1.29 is 14.3 Å². The van der Waals surface area contributed by atoms with Gasteiger partial charge in [-0.2, -0.15) is 5.10 Å². The fraction of sp³-hybridized carbons (Fsp3) is 0.417. The van der Waals surface area contributed by atoms with Gasteiger partial charge in [0.1, 0.15) is 11.5 Å². The summed E-state index contributed by atoms with van der Waals surface area (Å²) in [5.74, 6) is 1.34. The molecule has 1 amide bonds. The first-order chi connectivity index (χ1) is 15.5. The van der Waals surface area contributed by atoms with Crippen molar-refractivity contribution in [1.82, 2.24) is 14.8 Å². The fourth-order valence-corrected chi connectivity index (χ4v) is 4.45. The first kappa shape index (κ1) is 22.6. The van der Waals surface area contributed by atoms with Crippen molar-refractivity contribution in [2.24, 2.45) is 5.10 Å². The average Bonchev–Trinajstić information content (AvgIpc) is 3.25. The van der Waals surface area contributed by atoms with E-state index >= 15 is 0 Å². The monoisotopic (exact) mass is 456 g/mol. The van der Waals surface area contributed by atoms with E-state index in [0.29, 0.717) is 29.5 Å². The smallest absolute Gasteiger partial charge is 0.257 e. The largest absolute Gasteiger partial charge is 0.497 e. The molecule has 2 heterocycles. The number of amides is 1. The van der Waals surface area contributed by atoms with Crippen LogP contribution in [0.2, 0.25) is 5.02 Å². The van der Waals surface area contributed by atoms with Crippen LogP contribution in [0, 0.1) is 0 Å². The lowest BCUT2D eigenvalue weighted by Gasteiger charge is -2.33. The highest BCUT2D eigenvalue weighted by Crippen LogP contribution is 2.39. The lowest BCUT2D eigenvalue weighted by atomic mass is 9.97. The molecule has 32 heavy (non-hydrogen) atoms. The number of hydrazone groups is 1. The van der Waals surface area contributed by atoms with Gasteiger partial charge in [0.2, 0.25) is 0 Å². The fourth-order valence-electron chi connectivity index (χ4n) is 4.20. The van der Waals surface area contributed by atoms with Gasteiger partial charge in [0.15, 0.2) is 0 Å². The number of carbonyl (C=O) groups is 1. The Hall–Kier alpha value is -2.61. The van der Waals surface area contributed by atoms with E-state index in [2.05, 4.69) is 16.8 Å². The van der Waals surface area contributed by atoms with Gasteiger partial charge in [-0.1, -0.05) is 29.8 Å². The number of halogens is 1. The zero-order valence-electron chi connectivity index (χ0n) is 18.8. The van der Waals surface area contributed by atoms with E-state index in [9.17, 15) is 4.79 Å². The maximum Gasteiger partial charge on any atom is 0.257 e. The molecule has 4 rings (SSSR count). The summed E-state index contributed by atoms with van der Waals surface area (Å²) >= 11 is 6.45. The summed E-state index contributed by atoms with van der Waals surface area (Å²) in [5, 5.41) is 7.00. The molecule has 0 N–H and O–H groups in total. The highest BCUT2D eigenvalue weighted by atomic mass is 35.5. The van der Waals surface area contributed by atoms with Crippen LogP contribution < -0.4 is 9.47 Å². The highest BCUT2D eigenvalue weighted by Gasteiger charge is 2.36. The van der Waals surface area contributed by atoms with E-state index in [0.717, 1.165) is 43.0 Å². The van der Waals surface area contributed by atoms with Crippen LogP contribution in [-0.4, -0.2) is 80.4 Å². The van der Waals surface area contributed by atoms with Crippen LogP contribution in [0.1, 0.15) is 23.6 Å². The molecule has 1 saturated heterocycles. The summed E-state index contributed by atoms with van der Waals surface area (Å²) in [6.07, 6.45) is 0.556. The van der Waals surface area contributed by atoms with Crippen LogP contribution in [-0.2, 0) is 4.79 Å². The predicted molar refractivity (Wildman–Crippen MR) is 126 cm³/mol. The zero-order valence-corrected chi connectivity index (χ0v) is 19.5. The zero-order chi connectivity index (χ0) is 22.7. The van der Waals surface area contributed by atoms with Gasteiger partial charge in [-0.15, -0.1) is 0 Å². The van der Waals surface area contributed by atoms with Gasteiger partial charge >= 0.3 is 0 Å². The Morgan fingerprint density at radius 1 is 1.09 bits per heavy atom. The maximum absolute atomic E-state index is 13.4. The van der Waals surface area contributed by atoms with Crippen molar-refractivity contribution in [3.8, 4) is 11.5 Å². The maximum atomic E-state index is 13.4. The molecule has 8 heteroatoms. The molecule has 0 bridgehead atoms. The van der Waals surface area contributed by atoms with Crippen LogP contribution >= 0.6 is 11.6 Å². The van der Waals surface area contributed by atoms with E-state index in [-0.39, 0.29) is 11.9 Å². The van der Waals surface area contributed by atoms with Gasteiger partial charge in [0, 0.05) is 54.8 Å². The summed E-state index contributed by atoms with van der Waals surface area (Å²) in [6.45, 7) is 3.98. The Balaban J connectivity index is 1.65.